The molecule has 0 saturated carbocycles. The van der Waals surface area contributed by atoms with Gasteiger partial charge < -0.3 is 15.4 Å². The monoisotopic (exact) mass is 302 g/mol. The number of carbonyl (C=O) groups excluding carboxylic acids is 1. The topological polar surface area (TPSA) is 68.2 Å². The highest BCUT2D eigenvalue weighted by Crippen LogP contribution is 2.19. The van der Waals surface area contributed by atoms with Crippen molar-refractivity contribution in [2.24, 2.45) is 7.05 Å². The zero-order valence-corrected chi connectivity index (χ0v) is 13.0. The summed E-state index contributed by atoms with van der Waals surface area (Å²) in [5.74, 6) is -0.0743. The number of hydrogen-bond donors (Lipinski definition) is 2. The van der Waals surface area contributed by atoms with Crippen LogP contribution in [0.3, 0.4) is 0 Å². The van der Waals surface area contributed by atoms with Crippen molar-refractivity contribution in [3.63, 3.8) is 0 Å². The highest BCUT2D eigenvalue weighted by molar-refractivity contribution is 5.95. The quantitative estimate of drug-likeness (QED) is 0.838. The van der Waals surface area contributed by atoms with Gasteiger partial charge in [-0.15, -0.1) is 12.4 Å². The van der Waals surface area contributed by atoms with E-state index in [9.17, 15) is 4.79 Å². The molecule has 2 rings (SSSR count). The van der Waals surface area contributed by atoms with Gasteiger partial charge in [0.15, 0.2) is 0 Å². The highest BCUT2D eigenvalue weighted by atomic mass is 35.5. The van der Waals surface area contributed by atoms with Crippen LogP contribution in [0.1, 0.15) is 28.9 Å². The van der Waals surface area contributed by atoms with Crippen LogP contribution < -0.4 is 10.6 Å². The van der Waals surface area contributed by atoms with Crippen molar-refractivity contribution in [2.45, 2.75) is 25.3 Å². The van der Waals surface area contributed by atoms with E-state index in [1.807, 2.05) is 14.0 Å². The van der Waals surface area contributed by atoms with Gasteiger partial charge in [0.2, 0.25) is 0 Å². The maximum atomic E-state index is 12.1. The minimum absolute atomic E-state index is 0. The predicted octanol–water partition coefficient (Wildman–Crippen LogP) is 0.649. The van der Waals surface area contributed by atoms with Crippen LogP contribution in [0.4, 0.5) is 0 Å². The van der Waals surface area contributed by atoms with E-state index in [1.165, 1.54) is 0 Å². The summed E-state index contributed by atoms with van der Waals surface area (Å²) < 4.78 is 6.97. The van der Waals surface area contributed by atoms with Crippen molar-refractivity contribution < 1.29 is 9.53 Å². The molecule has 0 aliphatic carbocycles. The number of rotatable bonds is 5. The van der Waals surface area contributed by atoms with Crippen LogP contribution in [0.15, 0.2) is 6.20 Å². The molecule has 1 atom stereocenters. The molecule has 0 spiro atoms. The van der Waals surface area contributed by atoms with Gasteiger partial charge in [-0.05, 0) is 26.3 Å². The molecular formula is C13H23ClN4O2. The van der Waals surface area contributed by atoms with E-state index in [4.69, 9.17) is 4.74 Å². The van der Waals surface area contributed by atoms with Gasteiger partial charge in [-0.2, -0.15) is 5.10 Å². The molecule has 6 nitrogen and oxygen atoms in total. The fourth-order valence-corrected chi connectivity index (χ4v) is 2.54. The Morgan fingerprint density at radius 3 is 2.90 bits per heavy atom. The lowest BCUT2D eigenvalue weighted by molar-refractivity contribution is 0.0891. The first-order chi connectivity index (χ1) is 9.08. The summed E-state index contributed by atoms with van der Waals surface area (Å²) in [6, 6.07) is 0. The normalized spacial score (nSPS) is 21.6. The molecule has 1 saturated heterocycles. The molecule has 0 bridgehead atoms. The number of ether oxygens (including phenoxy) is 1. The Hall–Kier alpha value is -1.11. The van der Waals surface area contributed by atoms with Gasteiger partial charge in [0, 0.05) is 26.4 Å². The van der Waals surface area contributed by atoms with Gasteiger partial charge in [-0.1, -0.05) is 0 Å². The second kappa shape index (κ2) is 7.06. The number of halogens is 1. The Balaban J connectivity index is 0.00000200. The summed E-state index contributed by atoms with van der Waals surface area (Å²) >= 11 is 0. The second-order valence-corrected chi connectivity index (χ2v) is 5.19. The molecule has 2 heterocycles. The summed E-state index contributed by atoms with van der Waals surface area (Å²) in [4.78, 5) is 12.1. The Morgan fingerprint density at radius 2 is 2.40 bits per heavy atom. The smallest absolute Gasteiger partial charge is 0.254 e. The van der Waals surface area contributed by atoms with E-state index in [1.54, 1.807) is 18.0 Å². The number of hydrogen-bond acceptors (Lipinski definition) is 4. The van der Waals surface area contributed by atoms with Gasteiger partial charge in [0.1, 0.15) is 0 Å². The highest BCUT2D eigenvalue weighted by Gasteiger charge is 2.34. The van der Waals surface area contributed by atoms with Crippen molar-refractivity contribution >= 4 is 18.3 Å². The summed E-state index contributed by atoms with van der Waals surface area (Å²) in [7, 11) is 3.52. The number of amides is 1. The number of carbonyl (C=O) groups is 1. The third-order valence-electron chi connectivity index (χ3n) is 3.82. The number of nitrogens with zero attached hydrogens (tertiary/aromatic N) is 2. The van der Waals surface area contributed by atoms with E-state index in [-0.39, 0.29) is 23.9 Å². The zero-order chi connectivity index (χ0) is 13.9. The van der Waals surface area contributed by atoms with E-state index < -0.39 is 0 Å². The molecule has 0 radical (unpaired) electrons. The first kappa shape index (κ1) is 16.9. The summed E-state index contributed by atoms with van der Waals surface area (Å²) in [6.45, 7) is 4.05. The predicted molar refractivity (Wildman–Crippen MR) is 79.4 cm³/mol. The third kappa shape index (κ3) is 3.50. The number of aromatic nitrogens is 2. The summed E-state index contributed by atoms with van der Waals surface area (Å²) in [6.07, 6.45) is 3.74. The van der Waals surface area contributed by atoms with Crippen LogP contribution in [0.5, 0.6) is 0 Å². The maximum Gasteiger partial charge on any atom is 0.254 e. The molecule has 7 heteroatoms. The van der Waals surface area contributed by atoms with Crippen LogP contribution in [-0.2, 0) is 11.8 Å². The molecule has 0 aromatic carbocycles. The van der Waals surface area contributed by atoms with E-state index in [2.05, 4.69) is 15.7 Å². The second-order valence-electron chi connectivity index (χ2n) is 5.19. The van der Waals surface area contributed by atoms with Crippen LogP contribution in [0, 0.1) is 6.92 Å². The summed E-state index contributed by atoms with van der Waals surface area (Å²) in [5, 5.41) is 10.5. The lowest BCUT2D eigenvalue weighted by atomic mass is 9.98. The molecule has 1 aliphatic heterocycles. The van der Waals surface area contributed by atoms with Crippen molar-refractivity contribution in [1.82, 2.24) is 20.4 Å². The fraction of sp³-hybridized carbons (Fsp3) is 0.692. The Morgan fingerprint density at radius 1 is 1.65 bits per heavy atom. The minimum Gasteiger partial charge on any atom is -0.383 e. The first-order valence-electron chi connectivity index (χ1n) is 6.59. The van der Waals surface area contributed by atoms with Crippen LogP contribution in [-0.4, -0.2) is 48.0 Å². The zero-order valence-electron chi connectivity index (χ0n) is 12.2. The average Bonchev–Trinajstić information content (AvgIpc) is 2.97. The van der Waals surface area contributed by atoms with Crippen molar-refractivity contribution in [3.05, 3.63) is 17.5 Å². The molecule has 1 fully saturated rings. The molecule has 2 N–H and O–H groups in total. The molecule has 1 unspecified atom stereocenters. The van der Waals surface area contributed by atoms with Crippen LogP contribution in [0.25, 0.3) is 0 Å². The maximum absolute atomic E-state index is 12.1. The minimum atomic E-state index is -0.124. The Labute approximate surface area is 125 Å². The lowest BCUT2D eigenvalue weighted by Gasteiger charge is -2.28. The first-order valence-corrected chi connectivity index (χ1v) is 6.59. The SMILES string of the molecule is COCC1(CNC(=O)c2cnn(C)c2C)CCCN1.Cl. The molecule has 1 aliphatic rings. The number of nitrogens with one attached hydrogen (secondary N) is 2. The molecule has 1 aromatic heterocycles. The van der Waals surface area contributed by atoms with Gasteiger partial charge in [0.05, 0.1) is 23.9 Å². The molecule has 1 aromatic rings. The molecule has 114 valence electrons. The lowest BCUT2D eigenvalue weighted by Crippen LogP contribution is -2.53. The molecule has 20 heavy (non-hydrogen) atoms. The van der Waals surface area contributed by atoms with Crippen LogP contribution >= 0.6 is 12.4 Å². The molecule has 1 amide bonds. The van der Waals surface area contributed by atoms with Gasteiger partial charge in [-0.25, -0.2) is 0 Å². The van der Waals surface area contributed by atoms with Crippen molar-refractivity contribution in [1.29, 1.82) is 0 Å². The third-order valence-corrected chi connectivity index (χ3v) is 3.82. The fourth-order valence-electron chi connectivity index (χ4n) is 2.54. The van der Waals surface area contributed by atoms with Gasteiger partial charge >= 0.3 is 0 Å². The van der Waals surface area contributed by atoms with Gasteiger partial charge in [-0.3, -0.25) is 9.48 Å². The molecular weight excluding hydrogens is 280 g/mol. The summed E-state index contributed by atoms with van der Waals surface area (Å²) in [5.41, 5.74) is 1.38. The van der Waals surface area contributed by atoms with E-state index in [0.717, 1.165) is 25.1 Å². The average molecular weight is 303 g/mol. The van der Waals surface area contributed by atoms with E-state index >= 15 is 0 Å². The standard InChI is InChI=1S/C13H22N4O2.ClH/c1-10-11(7-16-17(10)2)12(18)14-8-13(9-19-3)5-4-6-15-13;/h7,15H,4-6,8-9H2,1-3H3,(H,14,18);1H. The van der Waals surface area contributed by atoms with Gasteiger partial charge in [0.25, 0.3) is 5.91 Å². The van der Waals surface area contributed by atoms with Crippen LogP contribution in [0.2, 0.25) is 0 Å². The number of methoxy groups -OCH3 is 1. The number of aryl methyl sites for hydroxylation is 1. The largest absolute Gasteiger partial charge is 0.383 e. The van der Waals surface area contributed by atoms with Crippen molar-refractivity contribution in [3.8, 4) is 0 Å². The Kier molecular flexibility index (Phi) is 5.98. The van der Waals surface area contributed by atoms with E-state index in [0.29, 0.717) is 18.7 Å². The van der Waals surface area contributed by atoms with Crippen molar-refractivity contribution in [2.75, 3.05) is 26.8 Å². The Bertz CT molecular complexity index is 455.